The highest BCUT2D eigenvalue weighted by Gasteiger charge is 2.32. The van der Waals surface area contributed by atoms with Gasteiger partial charge < -0.3 is 18.3 Å². The summed E-state index contributed by atoms with van der Waals surface area (Å²) in [5.41, 5.74) is 39.0. The third kappa shape index (κ3) is 10.9. The van der Waals surface area contributed by atoms with Crippen molar-refractivity contribution in [2.45, 2.75) is 0 Å². The van der Waals surface area contributed by atoms with Gasteiger partial charge in [-0.25, -0.2) is 0 Å². The van der Waals surface area contributed by atoms with Crippen molar-refractivity contribution in [2.75, 3.05) is 0 Å². The molecule has 3 aliphatic carbocycles. The summed E-state index contributed by atoms with van der Waals surface area (Å²) >= 11 is 0. The molecule has 0 saturated carbocycles. The Kier molecular flexibility index (Phi) is 16.1. The predicted octanol–water partition coefficient (Wildman–Crippen LogP) is 33.0. The Morgan fingerprint density at radius 3 is 0.921 bits per heavy atom. The van der Waals surface area contributed by atoms with Crippen molar-refractivity contribution in [3.05, 3.63) is 461 Å². The SMILES string of the molecule is c1ccc(-c2cccc(-n3cc4c5c(cccc53)-c3c(c5ccccc5c5ccccc35)-c3ccccc3-4)c2)cc1.c1ccc(-n2cc3c4c(cccc42)-c2c(c4ccccc4c4ccccc24)-c2ccccc2-3)cc1.c1ccc2c(c1)-c1ccccc1-c1c3ccccc3cc3c1c-2cn3-c1ccc(-c2ccc(-n3c4ccccc4c4ccccc43)cc2)cc1. The average Bonchev–Trinajstić information content (AvgIpc) is 1.56. The fraction of sp³-hybridized carbons (Fsp3) is 0. The van der Waals surface area contributed by atoms with Gasteiger partial charge in [0.05, 0.1) is 27.6 Å². The number of hydrogen-bond acceptors (Lipinski definition) is 0. The van der Waals surface area contributed by atoms with Gasteiger partial charge in [-0.3, -0.25) is 0 Å². The lowest BCUT2D eigenvalue weighted by Gasteiger charge is -2.19. The third-order valence-electron chi connectivity index (χ3n) is 27.0. The molecule has 4 heterocycles. The van der Waals surface area contributed by atoms with E-state index >= 15 is 0 Å². The summed E-state index contributed by atoms with van der Waals surface area (Å²) < 4.78 is 9.49. The van der Waals surface area contributed by atoms with Gasteiger partial charge in [0.15, 0.2) is 0 Å². The van der Waals surface area contributed by atoms with Crippen molar-refractivity contribution in [3.8, 4) is 145 Å². The summed E-state index contributed by atoms with van der Waals surface area (Å²) in [7, 11) is 0. The average molecular weight is 1600 g/mol. The minimum absolute atomic E-state index is 1.15. The minimum atomic E-state index is 1.15. The van der Waals surface area contributed by atoms with Gasteiger partial charge in [-0.1, -0.05) is 364 Å². The number of hydrogen-bond donors (Lipinski definition) is 0. The molecular weight excluding hydrogens is 1520 g/mol. The van der Waals surface area contributed by atoms with Crippen molar-refractivity contribution in [1.82, 2.24) is 18.3 Å². The van der Waals surface area contributed by atoms with Crippen LogP contribution in [0.25, 0.3) is 254 Å². The van der Waals surface area contributed by atoms with Crippen LogP contribution in [0.1, 0.15) is 0 Å². The second-order valence-corrected chi connectivity index (χ2v) is 33.6. The van der Waals surface area contributed by atoms with Crippen molar-refractivity contribution >= 4 is 108 Å². The molecule has 3 aliphatic rings. The zero-order valence-corrected chi connectivity index (χ0v) is 68.7. The van der Waals surface area contributed by atoms with Crippen molar-refractivity contribution in [2.24, 2.45) is 0 Å². The zero-order valence-electron chi connectivity index (χ0n) is 68.7. The van der Waals surface area contributed by atoms with Gasteiger partial charge in [0.2, 0.25) is 0 Å². The van der Waals surface area contributed by atoms with Crippen LogP contribution in [0.2, 0.25) is 0 Å². The van der Waals surface area contributed by atoms with E-state index in [9.17, 15) is 0 Å². The highest BCUT2D eigenvalue weighted by Crippen LogP contribution is 2.58. The molecule has 0 unspecified atom stereocenters. The summed E-state index contributed by atoms with van der Waals surface area (Å²) in [6.45, 7) is 0. The number of fused-ring (bicyclic) bond motifs is 30. The molecule has 4 aromatic heterocycles. The number of para-hydroxylation sites is 3. The first kappa shape index (κ1) is 71.1. The topological polar surface area (TPSA) is 19.7 Å². The van der Waals surface area contributed by atoms with Crippen LogP contribution in [-0.2, 0) is 0 Å². The van der Waals surface area contributed by atoms with E-state index in [1.807, 2.05) is 0 Å². The molecule has 0 aliphatic heterocycles. The van der Waals surface area contributed by atoms with Gasteiger partial charge in [-0.05, 0) is 233 Å². The molecule has 4 nitrogen and oxygen atoms in total. The maximum Gasteiger partial charge on any atom is 0.0547 e. The summed E-state index contributed by atoms with van der Waals surface area (Å²) in [5, 5.41) is 19.5. The van der Waals surface area contributed by atoms with Gasteiger partial charge >= 0.3 is 0 Å². The summed E-state index contributed by atoms with van der Waals surface area (Å²) in [6.07, 6.45) is 7.04. The zero-order chi connectivity index (χ0) is 82.6. The summed E-state index contributed by atoms with van der Waals surface area (Å²) in [5.74, 6) is 0. The van der Waals surface area contributed by atoms with Crippen molar-refractivity contribution in [1.29, 1.82) is 0 Å². The quantitative estimate of drug-likeness (QED) is 0.148. The molecule has 126 heavy (non-hydrogen) atoms. The number of rotatable bonds is 6. The van der Waals surface area contributed by atoms with E-state index in [1.54, 1.807) is 0 Å². The van der Waals surface area contributed by atoms with E-state index in [-0.39, 0.29) is 0 Å². The standard InChI is InChI=1S/C48H30N2.C40H25N.C34H21N/c1-2-12-36-33(11-1)29-46-48-43(39-15-4-3-13-37(39)38-14-5-6-18-42(38)47(36)48)30-49(46)34-25-21-31(22-26-34)32-23-27-35(28-24-32)50-44-19-9-7-16-40(44)41-17-8-10-20-45(41)50;1-2-12-26(13-3-1)27-14-10-15-28(24-27)41-25-36-31-18-6-9-21-34(31)39-32-19-7-4-16-29(32)30-17-5-8-20-33(30)40(39)35-22-11-23-37(41)38(35)36;1-2-11-22(12-3-1)35-21-30-25-15-6-9-18-28(25)33-26-16-7-4-13-23(26)24-14-5-8-17-27(24)34(33)29-19-10-20-31(35)32(29)30/h1-30H;1-25H;1-21H. The number of benzene rings is 21. The van der Waals surface area contributed by atoms with E-state index in [2.05, 4.69) is 480 Å². The lowest BCUT2D eigenvalue weighted by molar-refractivity contribution is 1.13. The second kappa shape index (κ2) is 28.5. The molecule has 0 saturated heterocycles. The number of aromatic nitrogens is 4. The third-order valence-corrected chi connectivity index (χ3v) is 27.0. The van der Waals surface area contributed by atoms with E-state index < -0.39 is 0 Å². The molecule has 0 radical (unpaired) electrons. The molecular formula is C122H76N4. The van der Waals surface area contributed by atoms with E-state index in [4.69, 9.17) is 0 Å². The molecule has 0 spiro atoms. The van der Waals surface area contributed by atoms with Crippen LogP contribution in [0.4, 0.5) is 0 Å². The van der Waals surface area contributed by atoms with Gasteiger partial charge in [0, 0.05) is 90.5 Å². The van der Waals surface area contributed by atoms with E-state index in [1.165, 1.54) is 248 Å². The highest BCUT2D eigenvalue weighted by atomic mass is 15.0. The number of nitrogens with zero attached hydrogens (tertiary/aromatic N) is 4. The Bertz CT molecular complexity index is 8760. The fourth-order valence-corrected chi connectivity index (χ4v) is 21.6. The van der Waals surface area contributed by atoms with Gasteiger partial charge in [0.25, 0.3) is 0 Å². The Balaban J connectivity index is 0.000000102. The molecule has 0 bridgehead atoms. The van der Waals surface area contributed by atoms with Crippen LogP contribution in [0.3, 0.4) is 0 Å². The maximum absolute atomic E-state index is 2.39. The van der Waals surface area contributed by atoms with Gasteiger partial charge in [-0.15, -0.1) is 0 Å². The first-order valence-electron chi connectivity index (χ1n) is 43.6. The molecule has 4 heteroatoms. The van der Waals surface area contributed by atoms with E-state index in [0.717, 1.165) is 5.69 Å². The molecule has 0 fully saturated rings. The maximum atomic E-state index is 2.39. The van der Waals surface area contributed by atoms with Crippen LogP contribution in [-0.4, -0.2) is 18.3 Å². The molecule has 21 aromatic carbocycles. The second-order valence-electron chi connectivity index (χ2n) is 33.6. The smallest absolute Gasteiger partial charge is 0.0547 e. The van der Waals surface area contributed by atoms with Gasteiger partial charge in [-0.2, -0.15) is 0 Å². The minimum Gasteiger partial charge on any atom is -0.316 e. The first-order chi connectivity index (χ1) is 62.6. The first-order valence-corrected chi connectivity index (χ1v) is 43.6. The molecule has 25 aromatic rings. The highest BCUT2D eigenvalue weighted by molar-refractivity contribution is 6.30. The Hall–Kier alpha value is -16.7. The fourth-order valence-electron chi connectivity index (χ4n) is 21.6. The van der Waals surface area contributed by atoms with Gasteiger partial charge in [0.1, 0.15) is 0 Å². The van der Waals surface area contributed by atoms with Crippen LogP contribution < -0.4 is 0 Å². The molecule has 0 amide bonds. The largest absolute Gasteiger partial charge is 0.316 e. The Morgan fingerprint density at radius 2 is 0.429 bits per heavy atom. The van der Waals surface area contributed by atoms with E-state index in [0.29, 0.717) is 0 Å². The van der Waals surface area contributed by atoms with Crippen LogP contribution in [0.15, 0.2) is 461 Å². The van der Waals surface area contributed by atoms with Crippen molar-refractivity contribution in [3.63, 3.8) is 0 Å². The molecule has 28 rings (SSSR count). The normalized spacial score (nSPS) is 12.0. The molecule has 584 valence electrons. The lowest BCUT2D eigenvalue weighted by Crippen LogP contribution is -1.94. The summed E-state index contributed by atoms with van der Waals surface area (Å²) in [4.78, 5) is 0. The molecule has 0 N–H and O–H groups in total. The Labute approximate surface area is 728 Å². The van der Waals surface area contributed by atoms with Crippen LogP contribution in [0, 0.1) is 0 Å². The van der Waals surface area contributed by atoms with Crippen molar-refractivity contribution < 1.29 is 0 Å². The monoisotopic (exact) mass is 1600 g/mol. The lowest BCUT2D eigenvalue weighted by atomic mass is 9.85. The predicted molar refractivity (Wildman–Crippen MR) is 532 cm³/mol. The molecule has 0 atom stereocenters. The Morgan fingerprint density at radius 1 is 0.135 bits per heavy atom. The summed E-state index contributed by atoms with van der Waals surface area (Å²) in [6, 6.07) is 162. The van der Waals surface area contributed by atoms with Crippen LogP contribution in [0.5, 0.6) is 0 Å². The van der Waals surface area contributed by atoms with Crippen LogP contribution >= 0.6 is 0 Å².